The summed E-state index contributed by atoms with van der Waals surface area (Å²) in [6.45, 7) is 1.62. The SMILES string of the molecule is CCCN(CC(=O)OC)S(=O)(=O)c1cc(Br)cnc1Cl. The zero-order chi connectivity index (χ0) is 15.3. The highest BCUT2D eigenvalue weighted by Gasteiger charge is 2.29. The van der Waals surface area contributed by atoms with Crippen LogP contribution in [0.2, 0.25) is 5.15 Å². The van der Waals surface area contributed by atoms with E-state index in [1.54, 1.807) is 6.92 Å². The fraction of sp³-hybridized carbons (Fsp3) is 0.455. The number of halogens is 2. The number of esters is 1. The number of aromatic nitrogens is 1. The molecule has 0 bridgehead atoms. The van der Waals surface area contributed by atoms with Crippen molar-refractivity contribution in [3.63, 3.8) is 0 Å². The molecule has 20 heavy (non-hydrogen) atoms. The van der Waals surface area contributed by atoms with Gasteiger partial charge in [-0.25, -0.2) is 13.4 Å². The van der Waals surface area contributed by atoms with Crippen LogP contribution in [0.15, 0.2) is 21.6 Å². The van der Waals surface area contributed by atoms with Crippen molar-refractivity contribution in [3.8, 4) is 0 Å². The Labute approximate surface area is 131 Å². The summed E-state index contributed by atoms with van der Waals surface area (Å²) < 4.78 is 31.1. The molecule has 0 atom stereocenters. The number of methoxy groups -OCH3 is 1. The van der Waals surface area contributed by atoms with E-state index in [1.165, 1.54) is 19.4 Å². The molecule has 1 heterocycles. The molecule has 9 heteroatoms. The zero-order valence-electron chi connectivity index (χ0n) is 11.0. The van der Waals surface area contributed by atoms with Crippen molar-refractivity contribution in [3.05, 3.63) is 21.9 Å². The van der Waals surface area contributed by atoms with Gasteiger partial charge in [-0.3, -0.25) is 4.79 Å². The fourth-order valence-electron chi connectivity index (χ4n) is 1.47. The quantitative estimate of drug-likeness (QED) is 0.553. The molecule has 1 aromatic heterocycles. The first-order chi connectivity index (χ1) is 9.32. The monoisotopic (exact) mass is 384 g/mol. The van der Waals surface area contributed by atoms with Crippen LogP contribution in [0.4, 0.5) is 0 Å². The van der Waals surface area contributed by atoms with Gasteiger partial charge in [-0.2, -0.15) is 4.31 Å². The number of carbonyl (C=O) groups is 1. The highest BCUT2D eigenvalue weighted by atomic mass is 79.9. The van der Waals surface area contributed by atoms with E-state index in [0.29, 0.717) is 10.9 Å². The smallest absolute Gasteiger partial charge is 0.321 e. The standard InChI is InChI=1S/C11H14BrClN2O4S/c1-3-4-15(7-10(16)19-2)20(17,18)9-5-8(12)6-14-11(9)13/h5-6H,3-4,7H2,1-2H3. The molecule has 0 radical (unpaired) electrons. The summed E-state index contributed by atoms with van der Waals surface area (Å²) >= 11 is 8.99. The first kappa shape index (κ1) is 17.4. The van der Waals surface area contributed by atoms with Gasteiger partial charge in [0.2, 0.25) is 10.0 Å². The Morgan fingerprint density at radius 3 is 2.75 bits per heavy atom. The maximum atomic E-state index is 12.5. The van der Waals surface area contributed by atoms with Crippen LogP contribution in [0.3, 0.4) is 0 Å². The summed E-state index contributed by atoms with van der Waals surface area (Å²) in [7, 11) is -2.71. The van der Waals surface area contributed by atoms with Gasteiger partial charge < -0.3 is 4.74 Å². The Kier molecular flexibility index (Phi) is 6.38. The molecule has 0 saturated heterocycles. The second-order valence-corrected chi connectivity index (χ2v) is 7.04. The van der Waals surface area contributed by atoms with Crippen molar-refractivity contribution in [2.45, 2.75) is 18.2 Å². The summed E-state index contributed by atoms with van der Waals surface area (Å²) in [6.07, 6.45) is 1.95. The second kappa shape index (κ2) is 7.35. The van der Waals surface area contributed by atoms with Gasteiger partial charge in [0.05, 0.1) is 7.11 Å². The Morgan fingerprint density at radius 2 is 2.20 bits per heavy atom. The lowest BCUT2D eigenvalue weighted by Crippen LogP contribution is -2.37. The molecule has 0 unspecified atom stereocenters. The Morgan fingerprint density at radius 1 is 1.55 bits per heavy atom. The average molecular weight is 386 g/mol. The molecular weight excluding hydrogens is 372 g/mol. The van der Waals surface area contributed by atoms with Gasteiger partial charge >= 0.3 is 5.97 Å². The number of rotatable bonds is 6. The van der Waals surface area contributed by atoms with Gasteiger partial charge in [-0.05, 0) is 28.4 Å². The van der Waals surface area contributed by atoms with E-state index >= 15 is 0 Å². The van der Waals surface area contributed by atoms with Crippen LogP contribution >= 0.6 is 27.5 Å². The van der Waals surface area contributed by atoms with E-state index in [9.17, 15) is 13.2 Å². The molecular formula is C11H14BrClN2O4S. The van der Waals surface area contributed by atoms with Crippen LogP contribution in [-0.4, -0.2) is 43.9 Å². The first-order valence-corrected chi connectivity index (χ1v) is 8.32. The Bertz CT molecular complexity index is 594. The molecule has 0 saturated carbocycles. The summed E-state index contributed by atoms with van der Waals surface area (Å²) in [4.78, 5) is 15.0. The molecule has 112 valence electrons. The topological polar surface area (TPSA) is 76.6 Å². The predicted molar refractivity (Wildman–Crippen MR) is 78.0 cm³/mol. The number of ether oxygens (including phenoxy) is 1. The first-order valence-electron chi connectivity index (χ1n) is 5.71. The third kappa shape index (κ3) is 4.15. The molecule has 6 nitrogen and oxygen atoms in total. The molecule has 0 aromatic carbocycles. The molecule has 0 fully saturated rings. The van der Waals surface area contributed by atoms with Gasteiger partial charge in [0, 0.05) is 17.2 Å². The van der Waals surface area contributed by atoms with Crippen molar-refractivity contribution in [1.29, 1.82) is 0 Å². The Balaban J connectivity index is 3.22. The van der Waals surface area contributed by atoms with Crippen molar-refractivity contribution in [2.24, 2.45) is 0 Å². The molecule has 0 N–H and O–H groups in total. The molecule has 0 aliphatic rings. The van der Waals surface area contributed by atoms with Crippen LogP contribution in [0, 0.1) is 0 Å². The predicted octanol–water partition coefficient (Wildman–Crippen LogP) is 2.07. The van der Waals surface area contributed by atoms with Crippen LogP contribution in [0.25, 0.3) is 0 Å². The highest BCUT2D eigenvalue weighted by molar-refractivity contribution is 9.10. The number of sulfonamides is 1. The maximum absolute atomic E-state index is 12.5. The molecule has 0 aliphatic heterocycles. The number of hydrogen-bond acceptors (Lipinski definition) is 5. The van der Waals surface area contributed by atoms with Gasteiger partial charge in [0.1, 0.15) is 16.6 Å². The summed E-state index contributed by atoms with van der Waals surface area (Å²) in [5.41, 5.74) is 0. The van der Waals surface area contributed by atoms with Crippen molar-refractivity contribution in [2.75, 3.05) is 20.2 Å². The van der Waals surface area contributed by atoms with E-state index in [4.69, 9.17) is 11.6 Å². The van der Waals surface area contributed by atoms with E-state index in [-0.39, 0.29) is 23.1 Å². The minimum absolute atomic E-state index is 0.140. The largest absolute Gasteiger partial charge is 0.468 e. The minimum atomic E-state index is -3.91. The molecule has 1 aromatic rings. The van der Waals surface area contributed by atoms with Gasteiger partial charge in [0.25, 0.3) is 0 Å². The highest BCUT2D eigenvalue weighted by Crippen LogP contribution is 2.25. The maximum Gasteiger partial charge on any atom is 0.321 e. The number of pyridine rings is 1. The van der Waals surface area contributed by atoms with E-state index < -0.39 is 16.0 Å². The summed E-state index contributed by atoms with van der Waals surface area (Å²) in [5.74, 6) is -0.638. The number of nitrogens with zero attached hydrogens (tertiary/aromatic N) is 2. The molecule has 0 aliphatic carbocycles. The lowest BCUT2D eigenvalue weighted by molar-refractivity contribution is -0.140. The average Bonchev–Trinajstić information content (AvgIpc) is 2.40. The van der Waals surface area contributed by atoms with Gasteiger partial charge in [0.15, 0.2) is 0 Å². The van der Waals surface area contributed by atoms with Gasteiger partial charge in [-0.1, -0.05) is 18.5 Å². The second-order valence-electron chi connectivity index (χ2n) is 3.86. The lowest BCUT2D eigenvalue weighted by Gasteiger charge is -2.20. The minimum Gasteiger partial charge on any atom is -0.468 e. The lowest BCUT2D eigenvalue weighted by atomic mass is 10.5. The summed E-state index contributed by atoms with van der Waals surface area (Å²) in [5, 5.41) is -0.140. The normalized spacial score (nSPS) is 11.7. The third-order valence-corrected chi connectivity index (χ3v) is 5.10. The van der Waals surface area contributed by atoms with Crippen LogP contribution in [-0.2, 0) is 19.6 Å². The molecule has 1 rings (SSSR count). The molecule has 0 spiro atoms. The fourth-order valence-corrected chi connectivity index (χ4v) is 3.86. The molecule has 0 amide bonds. The van der Waals surface area contributed by atoms with Crippen LogP contribution in [0.1, 0.15) is 13.3 Å². The zero-order valence-corrected chi connectivity index (χ0v) is 14.1. The van der Waals surface area contributed by atoms with Crippen molar-refractivity contribution in [1.82, 2.24) is 9.29 Å². The van der Waals surface area contributed by atoms with E-state index in [0.717, 1.165) is 4.31 Å². The van der Waals surface area contributed by atoms with E-state index in [2.05, 4.69) is 25.7 Å². The van der Waals surface area contributed by atoms with Crippen molar-refractivity contribution < 1.29 is 17.9 Å². The van der Waals surface area contributed by atoms with Gasteiger partial charge in [-0.15, -0.1) is 0 Å². The number of carbonyl (C=O) groups excluding carboxylic acids is 1. The Hall–Kier alpha value is -0.700. The third-order valence-electron chi connectivity index (χ3n) is 2.40. The van der Waals surface area contributed by atoms with Crippen molar-refractivity contribution >= 4 is 43.5 Å². The van der Waals surface area contributed by atoms with Crippen LogP contribution < -0.4 is 0 Å². The van der Waals surface area contributed by atoms with Crippen LogP contribution in [0.5, 0.6) is 0 Å². The van der Waals surface area contributed by atoms with E-state index in [1.807, 2.05) is 0 Å². The summed E-state index contributed by atoms with van der Waals surface area (Å²) in [6, 6.07) is 1.35. The number of hydrogen-bond donors (Lipinski definition) is 0.